The Balaban J connectivity index is 1.90. The number of carbonyl (C=O) groups excluding carboxylic acids is 1. The largest absolute Gasteiger partial charge is 0.462 e. The second kappa shape index (κ2) is 7.93. The van der Waals surface area contributed by atoms with E-state index < -0.39 is 0 Å². The van der Waals surface area contributed by atoms with Gasteiger partial charge in [-0.1, -0.05) is 41.6 Å². The molecule has 0 fully saturated rings. The fraction of sp³-hybridized carbons (Fsp3) is 0.263. The zero-order valence-corrected chi connectivity index (χ0v) is 15.7. The number of benzene rings is 2. The van der Waals surface area contributed by atoms with Crippen LogP contribution < -0.4 is 0 Å². The van der Waals surface area contributed by atoms with Gasteiger partial charge in [0.15, 0.2) is 5.16 Å². The van der Waals surface area contributed by atoms with Crippen LogP contribution in [0.25, 0.3) is 11.0 Å². The van der Waals surface area contributed by atoms with Crippen LogP contribution in [0.1, 0.15) is 29.8 Å². The lowest BCUT2D eigenvalue weighted by atomic mass is 10.2. The van der Waals surface area contributed by atoms with Crippen molar-refractivity contribution in [3.05, 3.63) is 58.6 Å². The van der Waals surface area contributed by atoms with Gasteiger partial charge >= 0.3 is 5.97 Å². The number of aryl methyl sites for hydroxylation is 1. The van der Waals surface area contributed by atoms with Gasteiger partial charge < -0.3 is 9.30 Å². The van der Waals surface area contributed by atoms with Crippen molar-refractivity contribution in [3.8, 4) is 0 Å². The van der Waals surface area contributed by atoms with Gasteiger partial charge in [0.2, 0.25) is 0 Å². The molecule has 0 aliphatic rings. The van der Waals surface area contributed by atoms with Crippen LogP contribution in [0.5, 0.6) is 0 Å². The Morgan fingerprint density at radius 1 is 1.24 bits per heavy atom. The molecule has 0 amide bonds. The minimum absolute atomic E-state index is 0.319. The number of ether oxygens (including phenoxy) is 1. The number of fused-ring (bicyclic) bond motifs is 1. The summed E-state index contributed by atoms with van der Waals surface area (Å²) in [6.07, 6.45) is 0. The lowest BCUT2D eigenvalue weighted by Crippen LogP contribution is -2.04. The molecule has 4 nitrogen and oxygen atoms in total. The summed E-state index contributed by atoms with van der Waals surface area (Å²) in [4.78, 5) is 16.6. The van der Waals surface area contributed by atoms with Crippen LogP contribution in [-0.4, -0.2) is 22.1 Å². The van der Waals surface area contributed by atoms with Crippen LogP contribution in [-0.2, 0) is 17.0 Å². The van der Waals surface area contributed by atoms with Crippen LogP contribution in [0.15, 0.2) is 47.6 Å². The predicted molar refractivity (Wildman–Crippen MR) is 102 cm³/mol. The zero-order valence-electron chi connectivity index (χ0n) is 14.2. The van der Waals surface area contributed by atoms with Crippen LogP contribution in [0, 0.1) is 0 Å². The highest BCUT2D eigenvalue weighted by atomic mass is 35.5. The molecule has 25 heavy (non-hydrogen) atoms. The summed E-state index contributed by atoms with van der Waals surface area (Å²) in [6, 6.07) is 13.3. The summed E-state index contributed by atoms with van der Waals surface area (Å²) in [5, 5.41) is 1.68. The molecule has 1 heterocycles. The van der Waals surface area contributed by atoms with E-state index in [2.05, 4.69) is 11.5 Å². The average Bonchev–Trinajstić information content (AvgIpc) is 2.97. The predicted octanol–water partition coefficient (Wildman–Crippen LogP) is 5.18. The van der Waals surface area contributed by atoms with Gasteiger partial charge in [0, 0.05) is 17.3 Å². The minimum atomic E-state index is -0.319. The third-order valence-electron chi connectivity index (χ3n) is 3.86. The summed E-state index contributed by atoms with van der Waals surface area (Å²) in [7, 11) is 0. The number of esters is 1. The van der Waals surface area contributed by atoms with Gasteiger partial charge in [0.1, 0.15) is 0 Å². The monoisotopic (exact) mass is 374 g/mol. The Morgan fingerprint density at radius 3 is 2.76 bits per heavy atom. The first-order chi connectivity index (χ1) is 12.1. The fourth-order valence-corrected chi connectivity index (χ4v) is 3.99. The Bertz CT molecular complexity index is 908. The molecule has 0 saturated carbocycles. The average molecular weight is 375 g/mol. The maximum Gasteiger partial charge on any atom is 0.338 e. The van der Waals surface area contributed by atoms with Crippen molar-refractivity contribution in [2.24, 2.45) is 0 Å². The summed E-state index contributed by atoms with van der Waals surface area (Å²) >= 11 is 7.88. The van der Waals surface area contributed by atoms with Gasteiger partial charge in [-0.2, -0.15) is 0 Å². The van der Waals surface area contributed by atoms with E-state index in [1.165, 1.54) is 0 Å². The Morgan fingerprint density at radius 2 is 2.04 bits per heavy atom. The number of aromatic nitrogens is 2. The lowest BCUT2D eigenvalue weighted by molar-refractivity contribution is 0.0526. The van der Waals surface area contributed by atoms with E-state index in [0.717, 1.165) is 39.1 Å². The molecule has 0 aliphatic carbocycles. The Kier molecular flexibility index (Phi) is 5.66. The van der Waals surface area contributed by atoms with E-state index in [-0.39, 0.29) is 5.97 Å². The molecule has 3 rings (SSSR count). The fourth-order valence-electron chi connectivity index (χ4n) is 2.62. The molecule has 6 heteroatoms. The maximum atomic E-state index is 11.9. The van der Waals surface area contributed by atoms with E-state index in [0.29, 0.717) is 12.2 Å². The van der Waals surface area contributed by atoms with Crippen LogP contribution >= 0.6 is 23.4 Å². The highest BCUT2D eigenvalue weighted by molar-refractivity contribution is 7.98. The van der Waals surface area contributed by atoms with Crippen molar-refractivity contribution < 1.29 is 9.53 Å². The number of carbonyl (C=O) groups is 1. The summed E-state index contributed by atoms with van der Waals surface area (Å²) in [5.41, 5.74) is 3.42. The number of hydrogen-bond acceptors (Lipinski definition) is 4. The number of halogens is 1. The SMILES string of the molecule is CCOC(=O)c1ccc2c(c1)nc(SCc1ccccc1Cl)n2CC. The van der Waals surface area contributed by atoms with Crippen LogP contribution in [0.2, 0.25) is 5.02 Å². The van der Waals surface area contributed by atoms with Gasteiger partial charge in [0.25, 0.3) is 0 Å². The molecule has 3 aromatic rings. The van der Waals surface area contributed by atoms with E-state index in [1.54, 1.807) is 30.8 Å². The standard InChI is InChI=1S/C19H19ClN2O2S/c1-3-22-17-10-9-13(18(23)24-4-2)11-16(17)21-19(22)25-12-14-7-5-6-8-15(14)20/h5-11H,3-4,12H2,1-2H3. The number of imidazole rings is 1. The highest BCUT2D eigenvalue weighted by Gasteiger charge is 2.14. The van der Waals surface area contributed by atoms with E-state index in [4.69, 9.17) is 21.3 Å². The van der Waals surface area contributed by atoms with Crippen molar-refractivity contribution >= 4 is 40.4 Å². The zero-order chi connectivity index (χ0) is 17.8. The molecule has 0 atom stereocenters. The molecule has 2 aromatic carbocycles. The molecule has 0 unspecified atom stereocenters. The third kappa shape index (κ3) is 3.83. The first kappa shape index (κ1) is 17.8. The van der Waals surface area contributed by atoms with Crippen molar-refractivity contribution in [1.29, 1.82) is 0 Å². The topological polar surface area (TPSA) is 44.1 Å². The molecule has 0 N–H and O–H groups in total. The second-order valence-electron chi connectivity index (χ2n) is 5.44. The van der Waals surface area contributed by atoms with Gasteiger partial charge in [-0.3, -0.25) is 0 Å². The quantitative estimate of drug-likeness (QED) is 0.440. The van der Waals surface area contributed by atoms with E-state index in [9.17, 15) is 4.79 Å². The molecule has 0 radical (unpaired) electrons. The minimum Gasteiger partial charge on any atom is -0.462 e. The normalized spacial score (nSPS) is 11.0. The molecule has 1 aromatic heterocycles. The van der Waals surface area contributed by atoms with Crippen LogP contribution in [0.4, 0.5) is 0 Å². The first-order valence-electron chi connectivity index (χ1n) is 8.17. The summed E-state index contributed by atoms with van der Waals surface area (Å²) in [5.74, 6) is 0.425. The maximum absolute atomic E-state index is 11.9. The third-order valence-corrected chi connectivity index (χ3v) is 5.25. The number of nitrogens with zero attached hydrogens (tertiary/aromatic N) is 2. The lowest BCUT2D eigenvalue weighted by Gasteiger charge is -2.07. The number of hydrogen-bond donors (Lipinski definition) is 0. The second-order valence-corrected chi connectivity index (χ2v) is 6.79. The smallest absolute Gasteiger partial charge is 0.338 e. The van der Waals surface area contributed by atoms with Gasteiger partial charge in [0.05, 0.1) is 23.2 Å². The summed E-state index contributed by atoms with van der Waals surface area (Å²) in [6.45, 7) is 5.05. The molecular formula is C19H19ClN2O2S. The van der Waals surface area contributed by atoms with E-state index >= 15 is 0 Å². The van der Waals surface area contributed by atoms with Crippen molar-refractivity contribution in [2.45, 2.75) is 31.3 Å². The Hall–Kier alpha value is -1.98. The number of thioether (sulfide) groups is 1. The molecule has 0 spiro atoms. The highest BCUT2D eigenvalue weighted by Crippen LogP contribution is 2.29. The molecular weight excluding hydrogens is 356 g/mol. The molecule has 0 bridgehead atoms. The van der Waals surface area contributed by atoms with Crippen molar-refractivity contribution in [1.82, 2.24) is 9.55 Å². The molecule has 0 aliphatic heterocycles. The van der Waals surface area contributed by atoms with Gasteiger partial charge in [-0.15, -0.1) is 0 Å². The van der Waals surface area contributed by atoms with Gasteiger partial charge in [-0.25, -0.2) is 9.78 Å². The van der Waals surface area contributed by atoms with E-state index in [1.807, 2.05) is 30.3 Å². The van der Waals surface area contributed by atoms with Crippen LogP contribution in [0.3, 0.4) is 0 Å². The summed E-state index contributed by atoms with van der Waals surface area (Å²) < 4.78 is 7.21. The van der Waals surface area contributed by atoms with Crippen molar-refractivity contribution in [3.63, 3.8) is 0 Å². The van der Waals surface area contributed by atoms with Crippen molar-refractivity contribution in [2.75, 3.05) is 6.61 Å². The number of rotatable bonds is 6. The molecule has 130 valence electrons. The molecule has 0 saturated heterocycles. The first-order valence-corrected chi connectivity index (χ1v) is 9.54. The van der Waals surface area contributed by atoms with Gasteiger partial charge in [-0.05, 0) is 43.7 Å². The Labute approximate surface area is 156 Å².